The molecule has 1 aliphatic carbocycles. The van der Waals surface area contributed by atoms with Gasteiger partial charge in [-0.05, 0) is 37.8 Å². The molecule has 1 saturated carbocycles. The van der Waals surface area contributed by atoms with Gasteiger partial charge in [-0.1, -0.05) is 37.5 Å². The molecule has 2 N–H and O–H groups in total. The molecule has 25 heavy (non-hydrogen) atoms. The second-order valence-electron chi connectivity index (χ2n) is 7.24. The van der Waals surface area contributed by atoms with Gasteiger partial charge < -0.3 is 15.2 Å². The second kappa shape index (κ2) is 7.04. The first-order valence-electron chi connectivity index (χ1n) is 8.94. The van der Waals surface area contributed by atoms with E-state index in [1.54, 1.807) is 0 Å². The van der Waals surface area contributed by atoms with Gasteiger partial charge in [0.1, 0.15) is 24.0 Å². The Bertz CT molecular complexity index is 645. The van der Waals surface area contributed by atoms with Crippen molar-refractivity contribution < 1.29 is 19.4 Å². The number of carbonyl (C=O) groups is 2. The molecule has 3 amide bonds. The summed E-state index contributed by atoms with van der Waals surface area (Å²) in [6, 6.07) is 7.09. The smallest absolute Gasteiger partial charge is 0.325 e. The van der Waals surface area contributed by atoms with E-state index < -0.39 is 17.7 Å². The summed E-state index contributed by atoms with van der Waals surface area (Å²) in [6.07, 6.45) is 2.69. The van der Waals surface area contributed by atoms with E-state index >= 15 is 0 Å². The summed E-state index contributed by atoms with van der Waals surface area (Å²) in [5.41, 5.74) is 0.339. The van der Waals surface area contributed by atoms with Gasteiger partial charge in [-0.25, -0.2) is 4.79 Å². The van der Waals surface area contributed by atoms with Crippen molar-refractivity contribution in [2.45, 2.75) is 51.2 Å². The quantitative estimate of drug-likeness (QED) is 0.802. The number of nitrogens with one attached hydrogen (secondary N) is 1. The van der Waals surface area contributed by atoms with Crippen LogP contribution in [0.3, 0.4) is 0 Å². The number of aliphatic hydroxyl groups excluding tert-OH is 1. The van der Waals surface area contributed by atoms with Crippen molar-refractivity contribution in [3.8, 4) is 5.75 Å². The lowest BCUT2D eigenvalue weighted by atomic mass is 9.73. The number of imide groups is 1. The topological polar surface area (TPSA) is 78.9 Å². The van der Waals surface area contributed by atoms with E-state index in [4.69, 9.17) is 4.74 Å². The van der Waals surface area contributed by atoms with Gasteiger partial charge in [0, 0.05) is 0 Å². The summed E-state index contributed by atoms with van der Waals surface area (Å²) in [5, 5.41) is 13.1. The van der Waals surface area contributed by atoms with Crippen LogP contribution in [0.15, 0.2) is 24.3 Å². The molecule has 0 bridgehead atoms. The van der Waals surface area contributed by atoms with Crippen LogP contribution in [0.5, 0.6) is 5.75 Å². The monoisotopic (exact) mass is 346 g/mol. The molecule has 2 fully saturated rings. The number of amides is 3. The second-order valence-corrected chi connectivity index (χ2v) is 7.24. The van der Waals surface area contributed by atoms with Crippen molar-refractivity contribution in [3.63, 3.8) is 0 Å². The van der Waals surface area contributed by atoms with Crippen LogP contribution in [0.25, 0.3) is 0 Å². The molecule has 1 aromatic rings. The molecule has 2 aliphatic rings. The molecule has 3 rings (SSSR count). The first-order chi connectivity index (χ1) is 11.9. The van der Waals surface area contributed by atoms with Gasteiger partial charge in [-0.3, -0.25) is 9.69 Å². The summed E-state index contributed by atoms with van der Waals surface area (Å²) in [7, 11) is 0. The highest BCUT2D eigenvalue weighted by atomic mass is 16.5. The Labute approximate surface area is 148 Å². The predicted octanol–water partition coefficient (Wildman–Crippen LogP) is 2.24. The van der Waals surface area contributed by atoms with E-state index in [1.165, 1.54) is 0 Å². The molecule has 136 valence electrons. The minimum Gasteiger partial charge on any atom is -0.491 e. The summed E-state index contributed by atoms with van der Waals surface area (Å²) in [6.45, 7) is 3.98. The van der Waals surface area contributed by atoms with Crippen molar-refractivity contribution in [2.24, 2.45) is 5.92 Å². The number of hydrogen-bond acceptors (Lipinski definition) is 4. The highest BCUT2D eigenvalue weighted by Gasteiger charge is 2.54. The first kappa shape index (κ1) is 17.7. The molecule has 1 aromatic carbocycles. The van der Waals surface area contributed by atoms with Gasteiger partial charge in [-0.2, -0.15) is 0 Å². The number of aliphatic hydroxyl groups is 1. The zero-order valence-electron chi connectivity index (χ0n) is 14.8. The summed E-state index contributed by atoms with van der Waals surface area (Å²) < 4.78 is 5.54. The molecule has 6 nitrogen and oxygen atoms in total. The lowest BCUT2D eigenvalue weighted by Gasteiger charge is -2.36. The van der Waals surface area contributed by atoms with Gasteiger partial charge >= 0.3 is 6.03 Å². The molecule has 0 aromatic heterocycles. The Balaban J connectivity index is 1.59. The standard InChI is InChI=1S/C19H26N2O4/c1-13-6-8-16(9-7-13)25-12-15(22)11-21-17(23)19(20-18(21)24)10-4-3-5-14(19)2/h6-9,14-15,22H,3-5,10-12H2,1-2H3,(H,20,24). The van der Waals surface area contributed by atoms with E-state index in [0.717, 1.165) is 29.7 Å². The molecule has 1 heterocycles. The SMILES string of the molecule is Cc1ccc(OCC(O)CN2C(=O)NC3(CCCCC3C)C2=O)cc1. The molecule has 3 atom stereocenters. The number of ether oxygens (including phenoxy) is 1. The predicted molar refractivity (Wildman–Crippen MR) is 93.3 cm³/mol. The maximum Gasteiger partial charge on any atom is 0.325 e. The molecule has 0 radical (unpaired) electrons. The van der Waals surface area contributed by atoms with Crippen LogP contribution in [-0.2, 0) is 4.79 Å². The molecular formula is C19H26N2O4. The van der Waals surface area contributed by atoms with Crippen molar-refractivity contribution in [2.75, 3.05) is 13.2 Å². The molecule has 1 aliphatic heterocycles. The van der Waals surface area contributed by atoms with E-state index in [2.05, 4.69) is 5.32 Å². The third kappa shape index (κ3) is 3.49. The van der Waals surface area contributed by atoms with Gasteiger partial charge in [-0.15, -0.1) is 0 Å². The Morgan fingerprint density at radius 1 is 1.32 bits per heavy atom. The maximum absolute atomic E-state index is 12.8. The summed E-state index contributed by atoms with van der Waals surface area (Å²) in [4.78, 5) is 26.3. The fraction of sp³-hybridized carbons (Fsp3) is 0.579. The minimum absolute atomic E-state index is 0.0304. The zero-order chi connectivity index (χ0) is 18.0. The number of aryl methyl sites for hydroxylation is 1. The molecule has 1 saturated heterocycles. The van der Waals surface area contributed by atoms with Crippen LogP contribution in [0.2, 0.25) is 0 Å². The van der Waals surface area contributed by atoms with Gasteiger partial charge in [0.2, 0.25) is 0 Å². The van der Waals surface area contributed by atoms with Crippen LogP contribution in [0.1, 0.15) is 38.2 Å². The van der Waals surface area contributed by atoms with Gasteiger partial charge in [0.15, 0.2) is 0 Å². The fourth-order valence-corrected chi connectivity index (χ4v) is 3.75. The average Bonchev–Trinajstić information content (AvgIpc) is 2.82. The van der Waals surface area contributed by atoms with E-state index in [9.17, 15) is 14.7 Å². The average molecular weight is 346 g/mol. The lowest BCUT2D eigenvalue weighted by molar-refractivity contribution is -0.135. The molecule has 3 unspecified atom stereocenters. The van der Waals surface area contributed by atoms with Crippen LogP contribution in [0, 0.1) is 12.8 Å². The highest BCUT2D eigenvalue weighted by Crippen LogP contribution is 2.38. The first-order valence-corrected chi connectivity index (χ1v) is 8.94. The van der Waals surface area contributed by atoms with Crippen molar-refractivity contribution in [1.82, 2.24) is 10.2 Å². The maximum atomic E-state index is 12.8. The largest absolute Gasteiger partial charge is 0.491 e. The highest BCUT2D eigenvalue weighted by molar-refractivity contribution is 6.07. The number of benzene rings is 1. The van der Waals surface area contributed by atoms with E-state index in [-0.39, 0.29) is 25.0 Å². The Morgan fingerprint density at radius 2 is 2.04 bits per heavy atom. The van der Waals surface area contributed by atoms with Crippen LogP contribution in [0.4, 0.5) is 4.79 Å². The Hall–Kier alpha value is -2.08. The normalized spacial score (nSPS) is 27.5. The fourth-order valence-electron chi connectivity index (χ4n) is 3.75. The number of carbonyl (C=O) groups excluding carboxylic acids is 2. The molecule has 6 heteroatoms. The molecular weight excluding hydrogens is 320 g/mol. The van der Waals surface area contributed by atoms with Crippen LogP contribution >= 0.6 is 0 Å². The Morgan fingerprint density at radius 3 is 2.72 bits per heavy atom. The number of urea groups is 1. The van der Waals surface area contributed by atoms with E-state index in [1.807, 2.05) is 38.1 Å². The third-order valence-corrected chi connectivity index (χ3v) is 5.36. The zero-order valence-corrected chi connectivity index (χ0v) is 14.8. The number of hydrogen-bond donors (Lipinski definition) is 2. The van der Waals surface area contributed by atoms with Crippen molar-refractivity contribution >= 4 is 11.9 Å². The lowest BCUT2D eigenvalue weighted by Crippen LogP contribution is -2.54. The summed E-state index contributed by atoms with van der Waals surface area (Å²) in [5.74, 6) is 0.557. The van der Waals surface area contributed by atoms with E-state index in [0.29, 0.717) is 12.2 Å². The summed E-state index contributed by atoms with van der Waals surface area (Å²) >= 11 is 0. The molecule has 1 spiro atoms. The van der Waals surface area contributed by atoms with Gasteiger partial charge in [0.25, 0.3) is 5.91 Å². The number of nitrogens with zero attached hydrogens (tertiary/aromatic N) is 1. The number of β-amino-alcohol motifs (C(OH)–C–C–N with tert-alkyl or cyclic N) is 1. The third-order valence-electron chi connectivity index (χ3n) is 5.36. The van der Waals surface area contributed by atoms with Crippen molar-refractivity contribution in [3.05, 3.63) is 29.8 Å². The Kier molecular flexibility index (Phi) is 4.99. The number of rotatable bonds is 5. The minimum atomic E-state index is -0.926. The van der Waals surface area contributed by atoms with Crippen LogP contribution < -0.4 is 10.1 Å². The van der Waals surface area contributed by atoms with Crippen molar-refractivity contribution in [1.29, 1.82) is 0 Å². The van der Waals surface area contributed by atoms with Gasteiger partial charge in [0.05, 0.1) is 6.54 Å². The van der Waals surface area contributed by atoms with Crippen LogP contribution in [-0.4, -0.2) is 46.7 Å².